The molecule has 0 saturated heterocycles. The van der Waals surface area contributed by atoms with Gasteiger partial charge in [-0.15, -0.1) is 35.3 Å². The average molecular weight is 434 g/mol. The molecule has 4 nitrogen and oxygen atoms in total. The third-order valence-electron chi connectivity index (χ3n) is 3.08. The number of hydrogen-bond donors (Lipinski definition) is 2. The highest BCUT2D eigenvalue weighted by Crippen LogP contribution is 2.11. The minimum Gasteiger partial charge on any atom is -0.356 e. The second-order valence-corrected chi connectivity index (χ2v) is 5.53. The van der Waals surface area contributed by atoms with E-state index in [1.165, 1.54) is 10.9 Å². The van der Waals surface area contributed by atoms with Gasteiger partial charge in [-0.25, -0.2) is 9.37 Å². The van der Waals surface area contributed by atoms with Gasteiger partial charge in [-0.3, -0.25) is 4.99 Å². The summed E-state index contributed by atoms with van der Waals surface area (Å²) in [6, 6.07) is 6.65. The molecule has 2 rings (SSSR count). The first-order chi connectivity index (χ1) is 10.2. The van der Waals surface area contributed by atoms with E-state index in [1.54, 1.807) is 30.5 Å². The van der Waals surface area contributed by atoms with Gasteiger partial charge >= 0.3 is 0 Å². The molecule has 0 fully saturated rings. The number of aryl methyl sites for hydroxylation is 1. The number of guanidine groups is 1. The molecule has 0 aliphatic heterocycles. The predicted molar refractivity (Wildman–Crippen MR) is 101 cm³/mol. The van der Waals surface area contributed by atoms with Gasteiger partial charge in [0, 0.05) is 18.5 Å². The molecule has 120 valence electrons. The predicted octanol–water partition coefficient (Wildman–Crippen LogP) is 3.12. The van der Waals surface area contributed by atoms with Crippen molar-refractivity contribution in [2.24, 2.45) is 4.99 Å². The molecule has 0 bridgehead atoms. The summed E-state index contributed by atoms with van der Waals surface area (Å²) < 4.78 is 13.1. The van der Waals surface area contributed by atoms with Crippen molar-refractivity contribution in [2.75, 3.05) is 13.6 Å². The maximum atomic E-state index is 13.1. The second-order valence-electron chi connectivity index (χ2n) is 4.59. The number of hydrogen-bond acceptors (Lipinski definition) is 3. The van der Waals surface area contributed by atoms with Gasteiger partial charge in [0.05, 0.1) is 17.7 Å². The van der Waals surface area contributed by atoms with Gasteiger partial charge in [-0.1, -0.05) is 12.1 Å². The molecular formula is C15H20FIN4S. The molecule has 1 heterocycles. The lowest BCUT2D eigenvalue weighted by molar-refractivity contribution is 0.625. The van der Waals surface area contributed by atoms with E-state index in [-0.39, 0.29) is 29.8 Å². The van der Waals surface area contributed by atoms with Crippen molar-refractivity contribution in [2.45, 2.75) is 19.9 Å². The van der Waals surface area contributed by atoms with Crippen LogP contribution in [-0.2, 0) is 13.0 Å². The SMILES string of the molecule is CN=C(NCCc1cccc(F)c1)NCc1scnc1C.I. The summed E-state index contributed by atoms with van der Waals surface area (Å²) in [5, 5.41) is 6.47. The van der Waals surface area contributed by atoms with E-state index in [0.717, 1.165) is 23.6 Å². The molecule has 0 aliphatic rings. The van der Waals surface area contributed by atoms with Crippen LogP contribution in [0.4, 0.5) is 4.39 Å². The molecule has 0 radical (unpaired) electrons. The van der Waals surface area contributed by atoms with Crippen LogP contribution in [0, 0.1) is 12.7 Å². The minimum atomic E-state index is -0.198. The number of nitrogens with one attached hydrogen (secondary N) is 2. The van der Waals surface area contributed by atoms with Crippen LogP contribution in [-0.4, -0.2) is 24.5 Å². The first-order valence-corrected chi connectivity index (χ1v) is 7.65. The summed E-state index contributed by atoms with van der Waals surface area (Å²) >= 11 is 1.63. The zero-order valence-electron chi connectivity index (χ0n) is 12.6. The van der Waals surface area contributed by atoms with Crippen LogP contribution in [0.2, 0.25) is 0 Å². The summed E-state index contributed by atoms with van der Waals surface area (Å²) in [4.78, 5) is 9.58. The molecule has 7 heteroatoms. The lowest BCUT2D eigenvalue weighted by atomic mass is 10.1. The van der Waals surface area contributed by atoms with Crippen LogP contribution in [0.1, 0.15) is 16.1 Å². The number of thiazole rings is 1. The largest absolute Gasteiger partial charge is 0.356 e. The molecule has 0 aliphatic carbocycles. The molecule has 0 atom stereocenters. The van der Waals surface area contributed by atoms with Crippen LogP contribution < -0.4 is 10.6 Å². The third-order valence-corrected chi connectivity index (χ3v) is 4.02. The average Bonchev–Trinajstić information content (AvgIpc) is 2.88. The maximum absolute atomic E-state index is 13.1. The molecule has 22 heavy (non-hydrogen) atoms. The normalized spacial score (nSPS) is 11.0. The fourth-order valence-electron chi connectivity index (χ4n) is 1.90. The fourth-order valence-corrected chi connectivity index (χ4v) is 2.62. The molecule has 1 aromatic heterocycles. The van der Waals surface area contributed by atoms with E-state index < -0.39 is 0 Å². The maximum Gasteiger partial charge on any atom is 0.191 e. The molecule has 2 N–H and O–H groups in total. The highest BCUT2D eigenvalue weighted by molar-refractivity contribution is 14.0. The van der Waals surface area contributed by atoms with Crippen molar-refractivity contribution in [3.05, 3.63) is 51.7 Å². The first kappa shape index (κ1) is 18.8. The highest BCUT2D eigenvalue weighted by Gasteiger charge is 2.03. The standard InChI is InChI=1S/C15H19FN4S.HI/c1-11-14(21-10-20-11)9-19-15(17-2)18-7-6-12-4-3-5-13(16)8-12;/h3-5,8,10H,6-7,9H2,1-2H3,(H2,17,18,19);1H. The Morgan fingerprint density at radius 3 is 2.82 bits per heavy atom. The van der Waals surface area contributed by atoms with Crippen LogP contribution in [0.15, 0.2) is 34.8 Å². The minimum absolute atomic E-state index is 0. The second kappa shape index (κ2) is 9.73. The van der Waals surface area contributed by atoms with Crippen molar-refractivity contribution in [3.63, 3.8) is 0 Å². The molecule has 2 aromatic rings. The summed E-state index contributed by atoms with van der Waals surface area (Å²) in [6.45, 7) is 3.40. The number of aromatic nitrogens is 1. The Bertz CT molecular complexity index is 615. The quantitative estimate of drug-likeness (QED) is 0.432. The number of rotatable bonds is 5. The smallest absolute Gasteiger partial charge is 0.191 e. The molecular weight excluding hydrogens is 414 g/mol. The Morgan fingerprint density at radius 1 is 1.36 bits per heavy atom. The van der Waals surface area contributed by atoms with E-state index in [4.69, 9.17) is 0 Å². The summed E-state index contributed by atoms with van der Waals surface area (Å²) in [7, 11) is 1.73. The number of halogens is 2. The van der Waals surface area contributed by atoms with Gasteiger partial charge in [0.2, 0.25) is 0 Å². The van der Waals surface area contributed by atoms with Crippen LogP contribution in [0.3, 0.4) is 0 Å². The van der Waals surface area contributed by atoms with Crippen molar-refractivity contribution in [1.29, 1.82) is 0 Å². The lowest BCUT2D eigenvalue weighted by Crippen LogP contribution is -2.37. The molecule has 0 saturated carbocycles. The van der Waals surface area contributed by atoms with Crippen LogP contribution in [0.5, 0.6) is 0 Å². The Kier molecular flexibility index (Phi) is 8.32. The molecule has 1 aromatic carbocycles. The zero-order chi connectivity index (χ0) is 15.1. The van der Waals surface area contributed by atoms with Gasteiger partial charge in [0.1, 0.15) is 5.82 Å². The van der Waals surface area contributed by atoms with E-state index in [0.29, 0.717) is 13.1 Å². The van der Waals surface area contributed by atoms with Crippen molar-refractivity contribution in [3.8, 4) is 0 Å². The number of nitrogens with zero attached hydrogens (tertiary/aromatic N) is 2. The van der Waals surface area contributed by atoms with E-state index in [2.05, 4.69) is 20.6 Å². The molecule has 0 amide bonds. The lowest BCUT2D eigenvalue weighted by Gasteiger charge is -2.11. The Hall–Kier alpha value is -1.22. The molecule has 0 unspecified atom stereocenters. The van der Waals surface area contributed by atoms with Gasteiger partial charge in [-0.2, -0.15) is 0 Å². The first-order valence-electron chi connectivity index (χ1n) is 6.77. The van der Waals surface area contributed by atoms with Crippen LogP contribution >= 0.6 is 35.3 Å². The van der Waals surface area contributed by atoms with Gasteiger partial charge in [0.15, 0.2) is 5.96 Å². The van der Waals surface area contributed by atoms with E-state index in [1.807, 2.05) is 18.5 Å². The van der Waals surface area contributed by atoms with E-state index >= 15 is 0 Å². The van der Waals surface area contributed by atoms with Crippen LogP contribution in [0.25, 0.3) is 0 Å². The summed E-state index contributed by atoms with van der Waals surface area (Å²) in [5.41, 5.74) is 3.85. The highest BCUT2D eigenvalue weighted by atomic mass is 127. The van der Waals surface area contributed by atoms with Crippen molar-refractivity contribution >= 4 is 41.3 Å². The number of benzene rings is 1. The number of aliphatic imine (C=N–C) groups is 1. The zero-order valence-corrected chi connectivity index (χ0v) is 15.7. The van der Waals surface area contributed by atoms with Crippen molar-refractivity contribution < 1.29 is 4.39 Å². The van der Waals surface area contributed by atoms with Crippen molar-refractivity contribution in [1.82, 2.24) is 15.6 Å². The summed E-state index contributed by atoms with van der Waals surface area (Å²) in [6.07, 6.45) is 0.748. The van der Waals surface area contributed by atoms with Gasteiger partial charge in [-0.05, 0) is 31.0 Å². The van der Waals surface area contributed by atoms with Gasteiger partial charge < -0.3 is 10.6 Å². The van der Waals surface area contributed by atoms with Gasteiger partial charge in [0.25, 0.3) is 0 Å². The monoisotopic (exact) mass is 434 g/mol. The Labute approximate surface area is 151 Å². The van der Waals surface area contributed by atoms with E-state index in [9.17, 15) is 4.39 Å². The Balaban J connectivity index is 0.00000242. The topological polar surface area (TPSA) is 49.3 Å². The summed E-state index contributed by atoms with van der Waals surface area (Å²) in [5.74, 6) is 0.537. The Morgan fingerprint density at radius 2 is 2.18 bits per heavy atom. The molecule has 0 spiro atoms. The fraction of sp³-hybridized carbons (Fsp3) is 0.333. The third kappa shape index (κ3) is 5.88.